The van der Waals surface area contributed by atoms with Gasteiger partial charge in [-0.25, -0.2) is 0 Å². The van der Waals surface area contributed by atoms with Crippen molar-refractivity contribution in [2.45, 2.75) is 27.7 Å². The van der Waals surface area contributed by atoms with Crippen molar-refractivity contribution in [3.8, 4) is 0 Å². The molecule has 206 valence electrons. The first kappa shape index (κ1) is 30.5. The van der Waals surface area contributed by atoms with Crippen molar-refractivity contribution in [1.29, 1.82) is 0 Å². The summed E-state index contributed by atoms with van der Waals surface area (Å²) in [7, 11) is 0. The molecule has 2 aromatic rings. The lowest BCUT2D eigenvalue weighted by Gasteiger charge is -2.18. The van der Waals surface area contributed by atoms with Crippen molar-refractivity contribution >= 4 is 35.0 Å². The third-order valence-electron chi connectivity index (χ3n) is 6.23. The van der Waals surface area contributed by atoms with Crippen molar-refractivity contribution in [3.05, 3.63) is 59.7 Å². The van der Waals surface area contributed by atoms with Gasteiger partial charge in [-0.1, -0.05) is 27.7 Å². The van der Waals surface area contributed by atoms with E-state index in [1.165, 1.54) is 0 Å². The molecule has 10 nitrogen and oxygen atoms in total. The maximum Gasteiger partial charge on any atom is 0.314 e. The van der Waals surface area contributed by atoms with Gasteiger partial charge in [0.2, 0.25) is 0 Å². The number of carbonyl (C=O) groups is 4. The highest BCUT2D eigenvalue weighted by molar-refractivity contribution is 6.43. The molecule has 38 heavy (non-hydrogen) atoms. The summed E-state index contributed by atoms with van der Waals surface area (Å²) < 4.78 is 0. The number of anilines is 2. The topological polar surface area (TPSA) is 123 Å². The zero-order valence-electron chi connectivity index (χ0n) is 22.8. The van der Waals surface area contributed by atoms with Crippen LogP contribution in [0.1, 0.15) is 48.4 Å². The summed E-state index contributed by atoms with van der Waals surface area (Å²) in [6.45, 7) is 14.6. The maximum absolute atomic E-state index is 12.3. The van der Waals surface area contributed by atoms with Gasteiger partial charge in [0.1, 0.15) is 0 Å². The molecule has 0 spiro atoms. The molecule has 0 fully saturated rings. The molecule has 2 aromatic carbocycles. The Morgan fingerprint density at radius 2 is 0.868 bits per heavy atom. The van der Waals surface area contributed by atoms with Crippen LogP contribution < -0.4 is 21.3 Å². The highest BCUT2D eigenvalue weighted by Crippen LogP contribution is 2.12. The number of amides is 4. The van der Waals surface area contributed by atoms with Gasteiger partial charge in [-0.2, -0.15) is 0 Å². The molecule has 0 bridgehead atoms. The van der Waals surface area contributed by atoms with Crippen LogP contribution in [0.15, 0.2) is 48.5 Å². The van der Waals surface area contributed by atoms with Crippen molar-refractivity contribution in [2.75, 3.05) is 63.0 Å². The summed E-state index contributed by atoms with van der Waals surface area (Å²) in [6.07, 6.45) is 0. The highest BCUT2D eigenvalue weighted by atomic mass is 16.2. The minimum atomic E-state index is -0.848. The lowest BCUT2D eigenvalue weighted by molar-refractivity contribution is -0.132. The Hall–Kier alpha value is -3.76. The van der Waals surface area contributed by atoms with E-state index in [4.69, 9.17) is 0 Å². The Morgan fingerprint density at radius 1 is 0.553 bits per heavy atom. The number of benzene rings is 2. The Labute approximate surface area is 225 Å². The van der Waals surface area contributed by atoms with E-state index in [-0.39, 0.29) is 11.8 Å². The first-order chi connectivity index (χ1) is 18.3. The van der Waals surface area contributed by atoms with E-state index >= 15 is 0 Å². The van der Waals surface area contributed by atoms with Gasteiger partial charge in [-0.05, 0) is 74.7 Å². The predicted octanol–water partition coefficient (Wildman–Crippen LogP) is 2.41. The van der Waals surface area contributed by atoms with Crippen LogP contribution in [0.4, 0.5) is 11.4 Å². The fourth-order valence-corrected chi connectivity index (χ4v) is 3.72. The summed E-state index contributed by atoms with van der Waals surface area (Å²) in [5.41, 5.74) is 1.71. The minimum Gasteiger partial charge on any atom is -0.351 e. The van der Waals surface area contributed by atoms with Gasteiger partial charge < -0.3 is 31.1 Å². The number of carbonyl (C=O) groups excluding carboxylic acids is 4. The first-order valence-corrected chi connectivity index (χ1v) is 13.1. The molecule has 4 N–H and O–H groups in total. The van der Waals surface area contributed by atoms with Crippen molar-refractivity contribution in [1.82, 2.24) is 20.4 Å². The molecule has 4 amide bonds. The van der Waals surface area contributed by atoms with Crippen LogP contribution in [0.2, 0.25) is 0 Å². The summed E-state index contributed by atoms with van der Waals surface area (Å²) in [4.78, 5) is 53.7. The average molecular weight is 525 g/mol. The summed E-state index contributed by atoms with van der Waals surface area (Å²) in [5, 5.41) is 10.8. The molecule has 0 saturated carbocycles. The van der Waals surface area contributed by atoms with Gasteiger partial charge in [0.15, 0.2) is 0 Å². The molecule has 0 aliphatic rings. The first-order valence-electron chi connectivity index (χ1n) is 13.1. The molecule has 0 unspecified atom stereocenters. The second kappa shape index (κ2) is 16.2. The largest absolute Gasteiger partial charge is 0.351 e. The van der Waals surface area contributed by atoms with Crippen LogP contribution >= 0.6 is 0 Å². The summed E-state index contributed by atoms with van der Waals surface area (Å²) >= 11 is 0. The standard InChI is InChI=1S/C28H40N6O4/c1-5-33(6-2)19-17-29-25(35)21-9-13-23(14-10-21)31-27(37)28(38)32-24-15-11-22(12-16-24)26(36)30-18-20-34(7-3)8-4/h9-16H,5-8,17-20H2,1-4H3,(H,29,35)(H,30,36)(H,31,37)(H,32,38). The quantitative estimate of drug-likeness (QED) is 0.282. The van der Waals surface area contributed by atoms with Gasteiger partial charge >= 0.3 is 11.8 Å². The van der Waals surface area contributed by atoms with Crippen LogP contribution in [0, 0.1) is 0 Å². The third kappa shape index (κ3) is 9.95. The van der Waals surface area contributed by atoms with Crippen LogP contribution in [0.25, 0.3) is 0 Å². The van der Waals surface area contributed by atoms with E-state index in [0.29, 0.717) is 35.6 Å². The SMILES string of the molecule is CCN(CC)CCNC(=O)c1ccc(NC(=O)C(=O)Nc2ccc(C(=O)NCCN(CC)CC)cc2)cc1. The number of hydrogen-bond donors (Lipinski definition) is 4. The van der Waals surface area contributed by atoms with Crippen molar-refractivity contribution in [2.24, 2.45) is 0 Å². The zero-order valence-corrected chi connectivity index (χ0v) is 22.8. The van der Waals surface area contributed by atoms with Gasteiger partial charge in [0.25, 0.3) is 11.8 Å². The molecular formula is C28H40N6O4. The maximum atomic E-state index is 12.3. The van der Waals surface area contributed by atoms with Crippen molar-refractivity contribution < 1.29 is 19.2 Å². The van der Waals surface area contributed by atoms with E-state index in [2.05, 4.69) is 58.8 Å². The molecule has 10 heteroatoms. The fourth-order valence-electron chi connectivity index (χ4n) is 3.72. The summed E-state index contributed by atoms with van der Waals surface area (Å²) in [6, 6.07) is 12.6. The number of rotatable bonds is 14. The number of nitrogens with one attached hydrogen (secondary N) is 4. The smallest absolute Gasteiger partial charge is 0.314 e. The molecule has 0 atom stereocenters. The number of likely N-dealkylation sites (N-methyl/N-ethyl adjacent to an activating group) is 2. The van der Waals surface area contributed by atoms with Gasteiger partial charge in [0, 0.05) is 48.7 Å². The lowest BCUT2D eigenvalue weighted by Crippen LogP contribution is -2.34. The molecule has 0 aromatic heterocycles. The monoisotopic (exact) mass is 524 g/mol. The Kier molecular flexibility index (Phi) is 13.0. The number of hydrogen-bond acceptors (Lipinski definition) is 6. The van der Waals surface area contributed by atoms with Gasteiger partial charge in [-0.3, -0.25) is 19.2 Å². The molecule has 0 radical (unpaired) electrons. The van der Waals surface area contributed by atoms with E-state index in [9.17, 15) is 19.2 Å². The number of nitrogens with zero attached hydrogens (tertiary/aromatic N) is 2. The molecule has 0 saturated heterocycles. The van der Waals surface area contributed by atoms with Crippen LogP contribution in [0.5, 0.6) is 0 Å². The zero-order chi connectivity index (χ0) is 27.9. The van der Waals surface area contributed by atoms with Gasteiger partial charge in [0.05, 0.1) is 0 Å². The van der Waals surface area contributed by atoms with Gasteiger partial charge in [-0.15, -0.1) is 0 Å². The molecule has 0 aliphatic heterocycles. The normalized spacial score (nSPS) is 10.8. The molecule has 2 rings (SSSR count). The van der Waals surface area contributed by atoms with E-state index in [0.717, 1.165) is 39.3 Å². The van der Waals surface area contributed by atoms with Crippen LogP contribution in [-0.4, -0.2) is 85.8 Å². The Morgan fingerprint density at radius 3 is 1.16 bits per heavy atom. The Balaban J connectivity index is 1.81. The second-order valence-corrected chi connectivity index (χ2v) is 8.63. The molecule has 0 aliphatic carbocycles. The molecular weight excluding hydrogens is 484 g/mol. The fraction of sp³-hybridized carbons (Fsp3) is 0.429. The summed E-state index contributed by atoms with van der Waals surface area (Å²) in [5.74, 6) is -2.10. The average Bonchev–Trinajstić information content (AvgIpc) is 2.94. The third-order valence-corrected chi connectivity index (χ3v) is 6.23. The second-order valence-electron chi connectivity index (χ2n) is 8.63. The highest BCUT2D eigenvalue weighted by Gasteiger charge is 2.15. The van der Waals surface area contributed by atoms with E-state index < -0.39 is 11.8 Å². The minimum absolute atomic E-state index is 0.200. The Bertz CT molecular complexity index is 963. The molecule has 0 heterocycles. The lowest BCUT2D eigenvalue weighted by atomic mass is 10.2. The van der Waals surface area contributed by atoms with Crippen LogP contribution in [0.3, 0.4) is 0 Å². The van der Waals surface area contributed by atoms with Crippen LogP contribution in [-0.2, 0) is 9.59 Å². The van der Waals surface area contributed by atoms with E-state index in [1.807, 2.05) is 0 Å². The predicted molar refractivity (Wildman–Crippen MR) is 150 cm³/mol. The van der Waals surface area contributed by atoms with E-state index in [1.54, 1.807) is 48.5 Å². The van der Waals surface area contributed by atoms with Crippen molar-refractivity contribution in [3.63, 3.8) is 0 Å².